The van der Waals surface area contributed by atoms with E-state index in [0.717, 1.165) is 19.1 Å². The molecule has 4 nitrogen and oxygen atoms in total. The van der Waals surface area contributed by atoms with Gasteiger partial charge in [-0.3, -0.25) is 9.59 Å². The van der Waals surface area contributed by atoms with Crippen LogP contribution in [0.3, 0.4) is 0 Å². The number of amides is 1. The Balaban J connectivity index is 2.82. The van der Waals surface area contributed by atoms with Gasteiger partial charge in [-0.05, 0) is 12.1 Å². The lowest BCUT2D eigenvalue weighted by Crippen LogP contribution is -2.26. The third kappa shape index (κ3) is 2.73. The van der Waals surface area contributed by atoms with Crippen LogP contribution in [0.1, 0.15) is 17.3 Å². The number of benzene rings is 1. The molecule has 80 valence electrons. The lowest BCUT2D eigenvalue weighted by atomic mass is 10.2. The van der Waals surface area contributed by atoms with Crippen LogP contribution in [0.4, 0.5) is 8.78 Å². The van der Waals surface area contributed by atoms with Gasteiger partial charge < -0.3 is 4.84 Å². The average molecular weight is 215 g/mol. The van der Waals surface area contributed by atoms with Gasteiger partial charge in [0.05, 0.1) is 5.56 Å². The van der Waals surface area contributed by atoms with Crippen molar-refractivity contribution < 1.29 is 23.2 Å². The Morgan fingerprint density at radius 1 is 1.33 bits per heavy atom. The second-order valence-electron chi connectivity index (χ2n) is 2.63. The highest BCUT2D eigenvalue weighted by Crippen LogP contribution is 2.10. The van der Waals surface area contributed by atoms with Gasteiger partial charge >= 0.3 is 5.97 Å². The summed E-state index contributed by atoms with van der Waals surface area (Å²) in [5.74, 6) is -4.23. The number of hydrogen-bond acceptors (Lipinski definition) is 3. The molecule has 1 N–H and O–H groups in total. The van der Waals surface area contributed by atoms with Crippen molar-refractivity contribution in [1.82, 2.24) is 5.48 Å². The van der Waals surface area contributed by atoms with Crippen molar-refractivity contribution in [3.63, 3.8) is 0 Å². The quantitative estimate of drug-likeness (QED) is 0.715. The van der Waals surface area contributed by atoms with Gasteiger partial charge in [-0.2, -0.15) is 5.48 Å². The van der Waals surface area contributed by atoms with E-state index in [1.807, 2.05) is 0 Å². The molecule has 1 aromatic carbocycles. The maximum absolute atomic E-state index is 13.0. The first-order chi connectivity index (χ1) is 7.02. The van der Waals surface area contributed by atoms with E-state index in [1.165, 1.54) is 6.07 Å². The number of nitrogens with one attached hydrogen (secondary N) is 1. The monoisotopic (exact) mass is 215 g/mol. The fraction of sp³-hybridized carbons (Fsp3) is 0.111. The lowest BCUT2D eigenvalue weighted by molar-refractivity contribution is -0.146. The van der Waals surface area contributed by atoms with E-state index in [-0.39, 0.29) is 0 Å². The Kier molecular flexibility index (Phi) is 3.33. The maximum Gasteiger partial charge on any atom is 0.329 e. The molecule has 0 saturated heterocycles. The summed E-state index contributed by atoms with van der Waals surface area (Å²) < 4.78 is 25.7. The standard InChI is InChI=1S/C9H7F2NO3/c1-5(13)15-12-9(14)6-3-2-4-7(10)8(6)11/h2-4H,1H3,(H,12,14). The maximum atomic E-state index is 13.0. The van der Waals surface area contributed by atoms with Crippen molar-refractivity contribution >= 4 is 11.9 Å². The molecule has 0 aromatic heterocycles. The number of carbonyl (C=O) groups is 2. The van der Waals surface area contributed by atoms with E-state index in [4.69, 9.17) is 0 Å². The van der Waals surface area contributed by atoms with Gasteiger partial charge in [0, 0.05) is 6.92 Å². The molecule has 0 radical (unpaired) electrons. The van der Waals surface area contributed by atoms with Crippen LogP contribution in [0.5, 0.6) is 0 Å². The van der Waals surface area contributed by atoms with Gasteiger partial charge in [-0.1, -0.05) is 6.07 Å². The Labute approximate surface area is 83.8 Å². The van der Waals surface area contributed by atoms with E-state index in [1.54, 1.807) is 5.48 Å². The van der Waals surface area contributed by atoms with Gasteiger partial charge in [-0.25, -0.2) is 8.78 Å². The molecule has 1 rings (SSSR count). The zero-order valence-electron chi connectivity index (χ0n) is 7.71. The number of hydroxylamine groups is 1. The first kappa shape index (κ1) is 11.1. The van der Waals surface area contributed by atoms with Crippen LogP contribution >= 0.6 is 0 Å². The molecule has 1 amide bonds. The van der Waals surface area contributed by atoms with Crippen molar-refractivity contribution in [2.45, 2.75) is 6.92 Å². The largest absolute Gasteiger partial charge is 0.341 e. The van der Waals surface area contributed by atoms with Crippen molar-refractivity contribution in [2.75, 3.05) is 0 Å². The predicted octanol–water partition coefficient (Wildman–Crippen LogP) is 1.17. The molecule has 0 aliphatic rings. The molecule has 0 saturated carbocycles. The summed E-state index contributed by atoms with van der Waals surface area (Å²) in [6, 6.07) is 3.11. The van der Waals surface area contributed by atoms with Crippen LogP contribution in [-0.2, 0) is 9.63 Å². The van der Waals surface area contributed by atoms with Crippen LogP contribution in [-0.4, -0.2) is 11.9 Å². The van der Waals surface area contributed by atoms with Crippen molar-refractivity contribution in [3.05, 3.63) is 35.4 Å². The van der Waals surface area contributed by atoms with E-state index in [9.17, 15) is 18.4 Å². The first-order valence-corrected chi connectivity index (χ1v) is 3.94. The van der Waals surface area contributed by atoms with Gasteiger partial charge in [0.1, 0.15) is 0 Å². The third-order valence-corrected chi connectivity index (χ3v) is 1.48. The molecule has 0 spiro atoms. The van der Waals surface area contributed by atoms with E-state index >= 15 is 0 Å². The Morgan fingerprint density at radius 3 is 2.60 bits per heavy atom. The highest BCUT2D eigenvalue weighted by molar-refractivity contribution is 5.94. The molecule has 0 unspecified atom stereocenters. The molecule has 1 aromatic rings. The molecule has 0 atom stereocenters. The number of halogens is 2. The van der Waals surface area contributed by atoms with Crippen LogP contribution in [0.2, 0.25) is 0 Å². The van der Waals surface area contributed by atoms with Crippen LogP contribution in [0.25, 0.3) is 0 Å². The Hall–Kier alpha value is -1.98. The zero-order valence-corrected chi connectivity index (χ0v) is 7.71. The lowest BCUT2D eigenvalue weighted by Gasteiger charge is -2.04. The van der Waals surface area contributed by atoms with Crippen LogP contribution < -0.4 is 5.48 Å². The molecule has 0 heterocycles. The normalized spacial score (nSPS) is 9.53. The van der Waals surface area contributed by atoms with Crippen LogP contribution in [0, 0.1) is 11.6 Å². The predicted molar refractivity (Wildman–Crippen MR) is 45.6 cm³/mol. The molecule has 15 heavy (non-hydrogen) atoms. The molecule has 6 heteroatoms. The first-order valence-electron chi connectivity index (χ1n) is 3.94. The molecular formula is C9H7F2NO3. The highest BCUT2D eigenvalue weighted by atomic mass is 19.2. The molecular weight excluding hydrogens is 208 g/mol. The van der Waals surface area contributed by atoms with Gasteiger partial charge in [0.15, 0.2) is 11.6 Å². The fourth-order valence-electron chi connectivity index (χ4n) is 0.852. The van der Waals surface area contributed by atoms with E-state index in [0.29, 0.717) is 0 Å². The second kappa shape index (κ2) is 4.50. The third-order valence-electron chi connectivity index (χ3n) is 1.48. The summed E-state index contributed by atoms with van der Waals surface area (Å²) in [5, 5.41) is 0. The SMILES string of the molecule is CC(=O)ONC(=O)c1cccc(F)c1F. The minimum Gasteiger partial charge on any atom is -0.341 e. The van der Waals surface area contributed by atoms with Crippen molar-refractivity contribution in [1.29, 1.82) is 0 Å². The summed E-state index contributed by atoms with van der Waals surface area (Å²) in [5.41, 5.74) is 1.14. The molecule has 0 aliphatic heterocycles. The number of hydrogen-bond donors (Lipinski definition) is 1. The summed E-state index contributed by atoms with van der Waals surface area (Å²) in [7, 11) is 0. The topological polar surface area (TPSA) is 55.4 Å². The Bertz CT molecular complexity index is 406. The summed E-state index contributed by atoms with van der Waals surface area (Å²) >= 11 is 0. The number of carbonyl (C=O) groups excluding carboxylic acids is 2. The second-order valence-corrected chi connectivity index (χ2v) is 2.63. The summed E-state index contributed by atoms with van der Waals surface area (Å²) in [4.78, 5) is 25.6. The smallest absolute Gasteiger partial charge is 0.329 e. The van der Waals surface area contributed by atoms with Crippen molar-refractivity contribution in [2.24, 2.45) is 0 Å². The molecule has 0 aliphatic carbocycles. The average Bonchev–Trinajstić information content (AvgIpc) is 2.18. The molecule has 0 bridgehead atoms. The minimum absolute atomic E-state index is 0.531. The fourth-order valence-corrected chi connectivity index (χ4v) is 0.852. The van der Waals surface area contributed by atoms with Crippen LogP contribution in [0.15, 0.2) is 18.2 Å². The zero-order chi connectivity index (χ0) is 11.4. The summed E-state index contributed by atoms with van der Waals surface area (Å²) in [6.45, 7) is 1.06. The highest BCUT2D eigenvalue weighted by Gasteiger charge is 2.15. The van der Waals surface area contributed by atoms with Crippen molar-refractivity contribution in [3.8, 4) is 0 Å². The van der Waals surface area contributed by atoms with Gasteiger partial charge in [-0.15, -0.1) is 0 Å². The van der Waals surface area contributed by atoms with Gasteiger partial charge in [0.25, 0.3) is 5.91 Å². The summed E-state index contributed by atoms with van der Waals surface area (Å²) in [6.07, 6.45) is 0. The minimum atomic E-state index is -1.29. The van der Waals surface area contributed by atoms with Gasteiger partial charge in [0.2, 0.25) is 0 Å². The van der Waals surface area contributed by atoms with E-state index in [2.05, 4.69) is 4.84 Å². The Morgan fingerprint density at radius 2 is 2.00 bits per heavy atom. The van der Waals surface area contributed by atoms with E-state index < -0.39 is 29.1 Å². The number of rotatable bonds is 1. The molecule has 0 fully saturated rings.